The molecule has 0 aliphatic heterocycles. The number of hydrogen-bond donors (Lipinski definition) is 0. The molecule has 3 aromatic rings. The summed E-state index contributed by atoms with van der Waals surface area (Å²) in [6.45, 7) is 0. The second-order valence-corrected chi connectivity index (χ2v) is 5.67. The quantitative estimate of drug-likeness (QED) is 0.248. The molecule has 0 bridgehead atoms. The zero-order chi connectivity index (χ0) is 22.2. The molecule has 0 fully saturated rings. The summed E-state index contributed by atoms with van der Waals surface area (Å²) in [6.07, 6.45) is 0. The Morgan fingerprint density at radius 2 is 0.800 bits per heavy atom. The van der Waals surface area contributed by atoms with Crippen LogP contribution in [0.1, 0.15) is 0 Å². The van der Waals surface area contributed by atoms with E-state index >= 15 is 0 Å². The Hall–Kier alpha value is -3.31. The van der Waals surface area contributed by atoms with Gasteiger partial charge in [0.2, 0.25) is 11.6 Å². The Morgan fingerprint density at radius 1 is 0.433 bits per heavy atom. The van der Waals surface area contributed by atoms with Crippen LogP contribution in [0, 0.1) is 52.4 Å². The second kappa shape index (κ2) is 8.21. The Morgan fingerprint density at radius 3 is 1.27 bits per heavy atom. The number of benzene rings is 3. The average molecular weight is 436 g/mol. The van der Waals surface area contributed by atoms with Crippen LogP contribution >= 0.6 is 0 Å². The van der Waals surface area contributed by atoms with Gasteiger partial charge in [-0.3, -0.25) is 0 Å². The third-order valence-electron chi connectivity index (χ3n) is 3.78. The highest BCUT2D eigenvalue weighted by molar-refractivity contribution is 6.63. The van der Waals surface area contributed by atoms with E-state index in [0.29, 0.717) is 36.4 Å². The minimum absolute atomic E-state index is 0.377. The Bertz CT molecular complexity index is 1060. The number of hydrogen-bond acceptors (Lipinski definition) is 2. The number of rotatable bonds is 5. The highest BCUT2D eigenvalue weighted by atomic mass is 19.2. The molecule has 0 aromatic heterocycles. The van der Waals surface area contributed by atoms with Gasteiger partial charge in [-0.05, 0) is 36.4 Å². The van der Waals surface area contributed by atoms with Crippen LogP contribution in [0.3, 0.4) is 0 Å². The van der Waals surface area contributed by atoms with E-state index in [9.17, 15) is 39.5 Å². The van der Waals surface area contributed by atoms with Gasteiger partial charge < -0.3 is 9.31 Å². The number of halogens is 9. The summed E-state index contributed by atoms with van der Waals surface area (Å²) >= 11 is 0. The molecule has 156 valence electrons. The Balaban J connectivity index is 2.12. The molecule has 30 heavy (non-hydrogen) atoms. The highest BCUT2D eigenvalue weighted by Gasteiger charge is 2.37. The molecular formula is C18H6BF9O2. The summed E-state index contributed by atoms with van der Waals surface area (Å²) in [7, 11) is -2.57. The molecule has 3 aromatic carbocycles. The zero-order valence-corrected chi connectivity index (χ0v) is 14.3. The largest absolute Gasteiger partial charge is 0.639 e. The first-order valence-electron chi connectivity index (χ1n) is 7.85. The maximum atomic E-state index is 14.2. The molecule has 0 heterocycles. The summed E-state index contributed by atoms with van der Waals surface area (Å²) in [5.74, 6) is -18.6. The normalized spacial score (nSPS) is 10.8. The van der Waals surface area contributed by atoms with Crippen LogP contribution in [0.25, 0.3) is 0 Å². The van der Waals surface area contributed by atoms with Gasteiger partial charge in [0.05, 0.1) is 5.46 Å². The molecule has 3 rings (SSSR count). The van der Waals surface area contributed by atoms with Crippen molar-refractivity contribution in [2.45, 2.75) is 0 Å². The monoisotopic (exact) mass is 436 g/mol. The van der Waals surface area contributed by atoms with E-state index in [1.807, 2.05) is 0 Å². The highest BCUT2D eigenvalue weighted by Crippen LogP contribution is 2.26. The van der Waals surface area contributed by atoms with E-state index in [1.165, 1.54) is 0 Å². The molecule has 0 atom stereocenters. The van der Waals surface area contributed by atoms with Crippen molar-refractivity contribution in [3.63, 3.8) is 0 Å². The molecule has 0 aliphatic rings. The van der Waals surface area contributed by atoms with Gasteiger partial charge in [-0.25, -0.2) is 30.7 Å². The lowest BCUT2D eigenvalue weighted by molar-refractivity contribution is 0.369. The van der Waals surface area contributed by atoms with Crippen molar-refractivity contribution in [2.75, 3.05) is 0 Å². The first-order valence-corrected chi connectivity index (χ1v) is 7.85. The Labute approximate surface area is 162 Å². The minimum atomic E-state index is -2.57. The summed E-state index contributed by atoms with van der Waals surface area (Å²) < 4.78 is 132. The van der Waals surface area contributed by atoms with Crippen LogP contribution in [-0.2, 0) is 0 Å². The van der Waals surface area contributed by atoms with Gasteiger partial charge in [0.1, 0.15) is 17.3 Å². The molecule has 0 radical (unpaired) electrons. The molecule has 0 amide bonds. The first-order chi connectivity index (χ1) is 14.1. The van der Waals surface area contributed by atoms with Crippen LogP contribution in [0.4, 0.5) is 39.5 Å². The molecule has 2 nitrogen and oxygen atoms in total. The van der Waals surface area contributed by atoms with Crippen LogP contribution in [0.2, 0.25) is 0 Å². The van der Waals surface area contributed by atoms with Crippen LogP contribution < -0.4 is 14.8 Å². The van der Waals surface area contributed by atoms with Crippen molar-refractivity contribution in [1.29, 1.82) is 0 Å². The van der Waals surface area contributed by atoms with Gasteiger partial charge in [-0.2, -0.15) is 8.78 Å². The van der Waals surface area contributed by atoms with Crippen LogP contribution in [0.5, 0.6) is 11.5 Å². The standard InChI is InChI=1S/C18H6BF9O2/c20-7-1-2-8(21)14(24)13(7)19(29-11-5-3-9(22)15(25)17(11)27)30-12-6-4-10(23)16(26)18(12)28/h1-6H. The van der Waals surface area contributed by atoms with Gasteiger partial charge in [-0.15, -0.1) is 0 Å². The van der Waals surface area contributed by atoms with Crippen molar-refractivity contribution >= 4 is 12.6 Å². The summed E-state index contributed by atoms with van der Waals surface area (Å²) in [5.41, 5.74) is -1.37. The summed E-state index contributed by atoms with van der Waals surface area (Å²) in [4.78, 5) is 0. The third kappa shape index (κ3) is 3.89. The molecule has 0 saturated carbocycles. The van der Waals surface area contributed by atoms with E-state index in [4.69, 9.17) is 9.31 Å². The maximum Gasteiger partial charge on any atom is 0.639 e. The van der Waals surface area contributed by atoms with E-state index in [-0.39, 0.29) is 0 Å². The molecule has 0 unspecified atom stereocenters. The predicted molar refractivity (Wildman–Crippen MR) is 85.6 cm³/mol. The van der Waals surface area contributed by atoms with E-state index in [1.54, 1.807) is 0 Å². The summed E-state index contributed by atoms with van der Waals surface area (Å²) in [5, 5.41) is 0. The molecule has 0 saturated heterocycles. The Kier molecular flexibility index (Phi) is 5.86. The fourth-order valence-corrected chi connectivity index (χ4v) is 2.33. The van der Waals surface area contributed by atoms with Crippen molar-refractivity contribution in [2.24, 2.45) is 0 Å². The molecule has 0 aliphatic carbocycles. The van der Waals surface area contributed by atoms with Gasteiger partial charge in [0, 0.05) is 0 Å². The fourth-order valence-electron chi connectivity index (χ4n) is 2.33. The van der Waals surface area contributed by atoms with Crippen molar-refractivity contribution in [3.8, 4) is 11.5 Å². The van der Waals surface area contributed by atoms with Crippen molar-refractivity contribution in [1.82, 2.24) is 0 Å². The second-order valence-electron chi connectivity index (χ2n) is 5.67. The fraction of sp³-hybridized carbons (Fsp3) is 0. The van der Waals surface area contributed by atoms with Crippen molar-refractivity contribution < 1.29 is 48.8 Å². The molecule has 0 N–H and O–H groups in total. The van der Waals surface area contributed by atoms with Gasteiger partial charge in [0.15, 0.2) is 34.9 Å². The topological polar surface area (TPSA) is 18.5 Å². The third-order valence-corrected chi connectivity index (χ3v) is 3.78. The minimum Gasteiger partial charge on any atom is -0.520 e. The lowest BCUT2D eigenvalue weighted by Gasteiger charge is -2.19. The lowest BCUT2D eigenvalue weighted by atomic mass is 9.77. The maximum absolute atomic E-state index is 14.2. The van der Waals surface area contributed by atoms with E-state index < -0.39 is 76.4 Å². The van der Waals surface area contributed by atoms with Gasteiger partial charge in [-0.1, -0.05) is 0 Å². The van der Waals surface area contributed by atoms with Gasteiger partial charge in [0.25, 0.3) is 0 Å². The molecule has 12 heteroatoms. The SMILES string of the molecule is Fc1ccc(OB(Oc2ccc(F)c(F)c2F)c2c(F)ccc(F)c2F)c(F)c1F. The zero-order valence-electron chi connectivity index (χ0n) is 14.3. The molecular weight excluding hydrogens is 430 g/mol. The van der Waals surface area contributed by atoms with Crippen molar-refractivity contribution in [3.05, 3.63) is 88.8 Å². The van der Waals surface area contributed by atoms with E-state index in [2.05, 4.69) is 0 Å². The predicted octanol–water partition coefficient (Wildman–Crippen LogP) is 4.79. The van der Waals surface area contributed by atoms with Crippen LogP contribution in [0.15, 0.2) is 36.4 Å². The van der Waals surface area contributed by atoms with Crippen LogP contribution in [-0.4, -0.2) is 7.12 Å². The summed E-state index contributed by atoms with van der Waals surface area (Å²) in [6, 6.07) is 2.57. The van der Waals surface area contributed by atoms with E-state index in [0.717, 1.165) is 0 Å². The smallest absolute Gasteiger partial charge is 0.520 e. The average Bonchev–Trinajstić information content (AvgIpc) is 2.71. The lowest BCUT2D eigenvalue weighted by Crippen LogP contribution is -2.47. The van der Waals surface area contributed by atoms with Gasteiger partial charge >= 0.3 is 7.12 Å². The molecule has 0 spiro atoms. The first kappa shape index (κ1) is 21.4.